The standard InChI is InChI=1S/C15H20N4OS/c1-12(9-18-7-6-16-11-18)17-15(20)19(13-4-5-13)10-14-3-2-8-21-14/h2-3,6-8,11-13H,4-5,9-10H2,1H3,(H,17,20). The number of carbonyl (C=O) groups is 1. The van der Waals surface area contributed by atoms with Crippen LogP contribution >= 0.6 is 11.3 Å². The predicted molar refractivity (Wildman–Crippen MR) is 83.1 cm³/mol. The number of hydrogen-bond donors (Lipinski definition) is 1. The molecule has 0 radical (unpaired) electrons. The first kappa shape index (κ1) is 14.1. The first-order valence-corrected chi connectivity index (χ1v) is 8.15. The Hall–Kier alpha value is -1.82. The summed E-state index contributed by atoms with van der Waals surface area (Å²) in [6.07, 6.45) is 7.67. The average molecular weight is 304 g/mol. The Bertz CT molecular complexity index is 563. The lowest BCUT2D eigenvalue weighted by Crippen LogP contribution is -2.45. The summed E-state index contributed by atoms with van der Waals surface area (Å²) in [5.74, 6) is 0. The van der Waals surface area contributed by atoms with E-state index in [1.54, 1.807) is 23.9 Å². The van der Waals surface area contributed by atoms with Crippen LogP contribution in [0.15, 0.2) is 36.2 Å². The minimum Gasteiger partial charge on any atom is -0.335 e. The molecule has 1 N–H and O–H groups in total. The van der Waals surface area contributed by atoms with E-state index < -0.39 is 0 Å². The van der Waals surface area contributed by atoms with Crippen LogP contribution < -0.4 is 5.32 Å². The minimum atomic E-state index is 0.0403. The van der Waals surface area contributed by atoms with Crippen molar-refractivity contribution in [1.82, 2.24) is 19.8 Å². The van der Waals surface area contributed by atoms with Gasteiger partial charge in [-0.15, -0.1) is 11.3 Å². The molecular weight excluding hydrogens is 284 g/mol. The monoisotopic (exact) mass is 304 g/mol. The second kappa shape index (κ2) is 6.30. The molecule has 2 aromatic heterocycles. The molecule has 1 aliphatic carbocycles. The van der Waals surface area contributed by atoms with E-state index in [1.165, 1.54) is 4.88 Å². The molecule has 0 aliphatic heterocycles. The summed E-state index contributed by atoms with van der Waals surface area (Å²) in [5, 5.41) is 5.15. The second-order valence-electron chi connectivity index (χ2n) is 5.55. The highest BCUT2D eigenvalue weighted by Gasteiger charge is 2.33. The zero-order valence-electron chi connectivity index (χ0n) is 12.1. The van der Waals surface area contributed by atoms with Gasteiger partial charge < -0.3 is 14.8 Å². The SMILES string of the molecule is CC(Cn1ccnc1)NC(=O)N(Cc1cccs1)C1CC1. The Morgan fingerprint density at radius 2 is 2.48 bits per heavy atom. The van der Waals surface area contributed by atoms with Crippen LogP contribution in [-0.2, 0) is 13.1 Å². The van der Waals surface area contributed by atoms with Crippen molar-refractivity contribution in [2.45, 2.75) is 44.9 Å². The molecule has 1 unspecified atom stereocenters. The van der Waals surface area contributed by atoms with E-state index in [4.69, 9.17) is 0 Å². The van der Waals surface area contributed by atoms with Crippen molar-refractivity contribution < 1.29 is 4.79 Å². The number of nitrogens with zero attached hydrogens (tertiary/aromatic N) is 3. The lowest BCUT2D eigenvalue weighted by Gasteiger charge is -2.25. The number of urea groups is 1. The summed E-state index contributed by atoms with van der Waals surface area (Å²) in [5.41, 5.74) is 0. The molecular formula is C15H20N4OS. The zero-order valence-corrected chi connectivity index (χ0v) is 12.9. The lowest BCUT2D eigenvalue weighted by atomic mass is 10.3. The van der Waals surface area contributed by atoms with Crippen molar-refractivity contribution in [3.8, 4) is 0 Å². The zero-order chi connectivity index (χ0) is 14.7. The molecule has 0 aromatic carbocycles. The van der Waals surface area contributed by atoms with Crippen molar-refractivity contribution in [2.24, 2.45) is 0 Å². The molecule has 6 heteroatoms. The number of carbonyl (C=O) groups excluding carboxylic acids is 1. The number of amides is 2. The molecule has 112 valence electrons. The van der Waals surface area contributed by atoms with Gasteiger partial charge in [0.05, 0.1) is 12.9 Å². The quantitative estimate of drug-likeness (QED) is 0.892. The normalized spacial score (nSPS) is 15.7. The number of nitrogens with one attached hydrogen (secondary N) is 1. The van der Waals surface area contributed by atoms with E-state index in [-0.39, 0.29) is 12.1 Å². The van der Waals surface area contributed by atoms with Gasteiger partial charge in [0, 0.05) is 35.9 Å². The van der Waals surface area contributed by atoms with Gasteiger partial charge in [-0.2, -0.15) is 0 Å². The molecule has 2 aromatic rings. The molecule has 21 heavy (non-hydrogen) atoms. The minimum absolute atomic E-state index is 0.0403. The van der Waals surface area contributed by atoms with Gasteiger partial charge in [0.2, 0.25) is 0 Å². The Balaban J connectivity index is 1.56. The van der Waals surface area contributed by atoms with Crippen molar-refractivity contribution in [2.75, 3.05) is 0 Å². The summed E-state index contributed by atoms with van der Waals surface area (Å²) in [7, 11) is 0. The first-order chi connectivity index (χ1) is 10.2. The Morgan fingerprint density at radius 1 is 1.62 bits per heavy atom. The van der Waals surface area contributed by atoms with Crippen LogP contribution in [-0.4, -0.2) is 32.6 Å². The Labute approximate surface area is 128 Å². The summed E-state index contributed by atoms with van der Waals surface area (Å²) in [6, 6.07) is 4.65. The molecule has 0 spiro atoms. The van der Waals surface area contributed by atoms with E-state index in [2.05, 4.69) is 21.7 Å². The molecule has 2 heterocycles. The van der Waals surface area contributed by atoms with Crippen molar-refractivity contribution in [3.63, 3.8) is 0 Å². The number of thiophene rings is 1. The topological polar surface area (TPSA) is 50.2 Å². The summed E-state index contributed by atoms with van der Waals surface area (Å²) >= 11 is 1.70. The third-order valence-electron chi connectivity index (χ3n) is 3.57. The van der Waals surface area contributed by atoms with Crippen molar-refractivity contribution >= 4 is 17.4 Å². The molecule has 1 aliphatic rings. The molecule has 0 bridgehead atoms. The van der Waals surface area contributed by atoms with Crippen LogP contribution in [0.3, 0.4) is 0 Å². The highest BCUT2D eigenvalue weighted by molar-refractivity contribution is 7.09. The third-order valence-corrected chi connectivity index (χ3v) is 4.43. The Kier molecular flexibility index (Phi) is 4.24. The van der Waals surface area contributed by atoms with Crippen LogP contribution in [0, 0.1) is 0 Å². The van der Waals surface area contributed by atoms with E-state index in [1.807, 2.05) is 28.7 Å². The van der Waals surface area contributed by atoms with E-state index in [9.17, 15) is 4.79 Å². The Morgan fingerprint density at radius 3 is 3.10 bits per heavy atom. The van der Waals surface area contributed by atoms with E-state index in [0.29, 0.717) is 12.6 Å². The third kappa shape index (κ3) is 3.85. The van der Waals surface area contributed by atoms with E-state index in [0.717, 1.165) is 19.4 Å². The predicted octanol–water partition coefficient (Wildman–Crippen LogP) is 2.71. The van der Waals surface area contributed by atoms with E-state index >= 15 is 0 Å². The highest BCUT2D eigenvalue weighted by atomic mass is 32.1. The maximum Gasteiger partial charge on any atom is 0.318 e. The number of rotatable bonds is 6. The fourth-order valence-corrected chi connectivity index (χ4v) is 3.08. The first-order valence-electron chi connectivity index (χ1n) is 7.27. The van der Waals surface area contributed by atoms with Gasteiger partial charge >= 0.3 is 6.03 Å². The summed E-state index contributed by atoms with van der Waals surface area (Å²) in [6.45, 7) is 3.48. The van der Waals surface area contributed by atoms with Gasteiger partial charge in [0.25, 0.3) is 0 Å². The smallest absolute Gasteiger partial charge is 0.318 e. The van der Waals surface area contributed by atoms with Crippen LogP contribution in [0.1, 0.15) is 24.6 Å². The molecule has 2 amide bonds. The van der Waals surface area contributed by atoms with Crippen molar-refractivity contribution in [1.29, 1.82) is 0 Å². The van der Waals surface area contributed by atoms with Crippen LogP contribution in [0.25, 0.3) is 0 Å². The second-order valence-corrected chi connectivity index (χ2v) is 6.58. The van der Waals surface area contributed by atoms with Crippen molar-refractivity contribution in [3.05, 3.63) is 41.1 Å². The number of imidazole rings is 1. The van der Waals surface area contributed by atoms with Crippen LogP contribution in [0.2, 0.25) is 0 Å². The summed E-state index contributed by atoms with van der Waals surface area (Å²) in [4.78, 5) is 19.7. The van der Waals surface area contributed by atoms with Gasteiger partial charge in [-0.25, -0.2) is 9.78 Å². The molecule has 5 nitrogen and oxygen atoms in total. The van der Waals surface area contributed by atoms with Gasteiger partial charge in [0.15, 0.2) is 0 Å². The van der Waals surface area contributed by atoms with Crippen LogP contribution in [0.5, 0.6) is 0 Å². The fraction of sp³-hybridized carbons (Fsp3) is 0.467. The lowest BCUT2D eigenvalue weighted by molar-refractivity contribution is 0.188. The number of aromatic nitrogens is 2. The largest absolute Gasteiger partial charge is 0.335 e. The van der Waals surface area contributed by atoms with Gasteiger partial charge in [-0.05, 0) is 31.2 Å². The molecule has 3 rings (SSSR count). The molecule has 1 saturated carbocycles. The van der Waals surface area contributed by atoms with Crippen LogP contribution in [0.4, 0.5) is 4.79 Å². The number of hydrogen-bond acceptors (Lipinski definition) is 3. The maximum atomic E-state index is 12.5. The van der Waals surface area contributed by atoms with Gasteiger partial charge in [-0.3, -0.25) is 0 Å². The van der Waals surface area contributed by atoms with Gasteiger partial charge in [-0.1, -0.05) is 6.07 Å². The summed E-state index contributed by atoms with van der Waals surface area (Å²) < 4.78 is 1.98. The van der Waals surface area contributed by atoms with Gasteiger partial charge in [0.1, 0.15) is 0 Å². The average Bonchev–Trinajstić information content (AvgIpc) is 2.94. The molecule has 1 fully saturated rings. The highest BCUT2D eigenvalue weighted by Crippen LogP contribution is 2.29. The molecule has 0 saturated heterocycles. The fourth-order valence-electron chi connectivity index (χ4n) is 2.37. The maximum absolute atomic E-state index is 12.5. The molecule has 1 atom stereocenters.